The first-order valence-electron chi connectivity index (χ1n) is 18.8. The summed E-state index contributed by atoms with van der Waals surface area (Å²) in [5.74, 6) is 1.44. The molecule has 2 aromatic heterocycles. The van der Waals surface area contributed by atoms with Crippen LogP contribution in [0.15, 0.2) is 72.8 Å². The molecule has 1 atom stereocenters. The van der Waals surface area contributed by atoms with Crippen LogP contribution in [-0.2, 0) is 13.1 Å². The van der Waals surface area contributed by atoms with Crippen LogP contribution in [0.2, 0.25) is 20.1 Å². The normalized spacial score (nSPS) is 11.8. The molecule has 0 aliphatic heterocycles. The lowest BCUT2D eigenvalue weighted by Crippen LogP contribution is -2.22. The molecule has 0 bridgehead atoms. The highest BCUT2D eigenvalue weighted by molar-refractivity contribution is 6.37. The number of aliphatic hydroxyl groups excluding tert-OH is 2. The van der Waals surface area contributed by atoms with Crippen molar-refractivity contribution in [1.82, 2.24) is 19.1 Å². The van der Waals surface area contributed by atoms with Gasteiger partial charge in [0, 0.05) is 42.8 Å². The van der Waals surface area contributed by atoms with Gasteiger partial charge in [-0.05, 0) is 120 Å². The Morgan fingerprint density at radius 3 is 1.76 bits per heavy atom. The Labute approximate surface area is 343 Å². The number of anilines is 6. The monoisotopic (exact) mass is 826 g/mol. The fourth-order valence-electron chi connectivity index (χ4n) is 6.52. The van der Waals surface area contributed by atoms with Crippen LogP contribution in [0.4, 0.5) is 34.6 Å². The molecule has 1 unspecified atom stereocenters. The Hall–Kier alpha value is -3.90. The van der Waals surface area contributed by atoms with Crippen LogP contribution >= 0.6 is 46.4 Å². The number of aliphatic hydroxyl groups is 2. The molecular weight excluding hydrogens is 778 g/mol. The number of imidazole rings is 2. The minimum absolute atomic E-state index is 0.223. The van der Waals surface area contributed by atoms with E-state index in [-0.39, 0.29) is 12.7 Å². The smallest absolute Gasteiger partial charge is 0.208 e. The summed E-state index contributed by atoms with van der Waals surface area (Å²) in [5, 5.41) is 27.5. The van der Waals surface area contributed by atoms with Crippen LogP contribution < -0.4 is 21.3 Å². The fraction of sp³-hybridized carbons (Fsp3) is 0.366. The highest BCUT2D eigenvalue weighted by Crippen LogP contribution is 2.35. The maximum Gasteiger partial charge on any atom is 0.208 e. The first-order chi connectivity index (χ1) is 26.5. The molecule has 0 spiro atoms. The van der Waals surface area contributed by atoms with E-state index < -0.39 is 0 Å². The third kappa shape index (κ3) is 10.9. The van der Waals surface area contributed by atoms with Crippen molar-refractivity contribution in [1.29, 1.82) is 0 Å². The lowest BCUT2D eigenvalue weighted by Gasteiger charge is -2.23. The molecule has 0 aliphatic rings. The van der Waals surface area contributed by atoms with Crippen molar-refractivity contribution in [3.05, 3.63) is 92.9 Å². The van der Waals surface area contributed by atoms with Crippen LogP contribution in [-0.4, -0.2) is 55.1 Å². The number of rotatable bonds is 17. The number of nitrogens with one attached hydrogen (secondary N) is 2. The molecule has 0 radical (unpaired) electrons. The summed E-state index contributed by atoms with van der Waals surface area (Å²) >= 11 is 24.7. The first-order valence-corrected chi connectivity index (χ1v) is 20.3. The summed E-state index contributed by atoms with van der Waals surface area (Å²) in [6, 6.07) is 22.6. The molecule has 294 valence electrons. The van der Waals surface area contributed by atoms with E-state index in [4.69, 9.17) is 62.2 Å². The molecule has 4 aromatic carbocycles. The molecule has 10 nitrogen and oxygen atoms in total. The second-order valence-corrected chi connectivity index (χ2v) is 15.0. The van der Waals surface area contributed by atoms with E-state index in [9.17, 15) is 5.11 Å². The number of hydrogen-bond acceptors (Lipinski definition) is 8. The number of nitrogen functional groups attached to an aromatic ring is 1. The summed E-state index contributed by atoms with van der Waals surface area (Å²) in [6.07, 6.45) is 5.05. The zero-order valence-corrected chi connectivity index (χ0v) is 34.5. The molecule has 2 heterocycles. The van der Waals surface area contributed by atoms with Crippen molar-refractivity contribution in [2.75, 3.05) is 41.0 Å². The summed E-state index contributed by atoms with van der Waals surface area (Å²) in [4.78, 5) is 11.9. The number of para-hydroxylation sites is 2. The van der Waals surface area contributed by atoms with Gasteiger partial charge in [-0.1, -0.05) is 58.5 Å². The molecule has 6 rings (SSSR count). The topological polar surface area (TPSA) is 129 Å². The standard InChI is InChI=1S/C22H28Cl2N4O.C19H22Cl2N4O/c1-3-27(4-2)20-10-8-9-19-21(20)28(13-6-5-7-14-29)22(26-19)25-18-12-11-16(23)15-17(18)24;1-12(26)5-2-3-10-25-18-15(22)6-4-7-17(18)24-19(25)23-16-9-8-13(20)11-14(16)21/h8-12,15,29H,3-7,13-14H2,1-2H3,(H,25,26);4,6-9,11-12,26H,2-3,5,10,22H2,1H3,(H,23,24). The third-order valence-corrected chi connectivity index (χ3v) is 10.4. The first kappa shape index (κ1) is 42.2. The molecule has 0 aliphatic carbocycles. The maximum absolute atomic E-state index is 9.45. The molecule has 0 amide bonds. The molecule has 0 saturated heterocycles. The summed E-state index contributed by atoms with van der Waals surface area (Å²) in [6.45, 7) is 9.76. The average molecular weight is 829 g/mol. The number of unbranched alkanes of at least 4 members (excludes halogenated alkanes) is 3. The molecule has 0 saturated carbocycles. The summed E-state index contributed by atoms with van der Waals surface area (Å²) in [5.41, 5.74) is 13.3. The van der Waals surface area contributed by atoms with Crippen molar-refractivity contribution in [3.8, 4) is 0 Å². The number of fused-ring (bicyclic) bond motifs is 2. The minimum Gasteiger partial charge on any atom is -0.397 e. The summed E-state index contributed by atoms with van der Waals surface area (Å²) in [7, 11) is 0. The fourth-order valence-corrected chi connectivity index (χ4v) is 7.43. The Morgan fingerprint density at radius 1 is 0.709 bits per heavy atom. The lowest BCUT2D eigenvalue weighted by atomic mass is 10.2. The Bertz CT molecular complexity index is 2170. The number of nitrogens with two attached hydrogens (primary N) is 1. The minimum atomic E-state index is -0.287. The number of halogens is 4. The van der Waals surface area contributed by atoms with Gasteiger partial charge in [0.1, 0.15) is 0 Å². The third-order valence-electron chi connectivity index (χ3n) is 9.30. The van der Waals surface area contributed by atoms with Gasteiger partial charge in [-0.15, -0.1) is 0 Å². The van der Waals surface area contributed by atoms with Gasteiger partial charge in [0.05, 0.1) is 61.0 Å². The van der Waals surface area contributed by atoms with E-state index in [1.165, 1.54) is 5.69 Å². The second kappa shape index (κ2) is 20.3. The maximum atomic E-state index is 9.45. The van der Waals surface area contributed by atoms with Gasteiger partial charge in [0.2, 0.25) is 11.9 Å². The van der Waals surface area contributed by atoms with Gasteiger partial charge < -0.3 is 40.6 Å². The number of nitrogens with zero attached hydrogens (tertiary/aromatic N) is 5. The van der Waals surface area contributed by atoms with Crippen molar-refractivity contribution in [2.45, 2.75) is 78.5 Å². The number of aromatic nitrogens is 4. The van der Waals surface area contributed by atoms with E-state index in [0.29, 0.717) is 31.7 Å². The molecule has 6 aromatic rings. The van der Waals surface area contributed by atoms with Crippen molar-refractivity contribution < 1.29 is 10.2 Å². The predicted molar refractivity (Wildman–Crippen MR) is 233 cm³/mol. The molecule has 14 heteroatoms. The Kier molecular flexibility index (Phi) is 15.6. The van der Waals surface area contributed by atoms with Crippen molar-refractivity contribution in [3.63, 3.8) is 0 Å². The van der Waals surface area contributed by atoms with Gasteiger partial charge in [-0.3, -0.25) is 0 Å². The van der Waals surface area contributed by atoms with Crippen LogP contribution in [0.3, 0.4) is 0 Å². The van der Waals surface area contributed by atoms with Crippen molar-refractivity contribution in [2.24, 2.45) is 0 Å². The van der Waals surface area contributed by atoms with Crippen LogP contribution in [0.5, 0.6) is 0 Å². The predicted octanol–water partition coefficient (Wildman–Crippen LogP) is 11.3. The second-order valence-electron chi connectivity index (χ2n) is 13.3. The van der Waals surface area contributed by atoms with Gasteiger partial charge in [-0.2, -0.15) is 0 Å². The number of aryl methyl sites for hydroxylation is 2. The molecule has 55 heavy (non-hydrogen) atoms. The van der Waals surface area contributed by atoms with E-state index in [1.807, 2.05) is 42.5 Å². The van der Waals surface area contributed by atoms with Crippen LogP contribution in [0, 0.1) is 0 Å². The molecule has 0 fully saturated rings. The van der Waals surface area contributed by atoms with Gasteiger partial charge in [0.25, 0.3) is 0 Å². The Balaban J connectivity index is 0.000000212. The van der Waals surface area contributed by atoms with Crippen LogP contribution in [0.1, 0.15) is 59.3 Å². The van der Waals surface area contributed by atoms with E-state index in [2.05, 4.69) is 55.6 Å². The number of benzene rings is 4. The highest BCUT2D eigenvalue weighted by atomic mass is 35.5. The van der Waals surface area contributed by atoms with Crippen LogP contribution in [0.25, 0.3) is 22.1 Å². The van der Waals surface area contributed by atoms with Crippen molar-refractivity contribution >= 4 is 103 Å². The summed E-state index contributed by atoms with van der Waals surface area (Å²) < 4.78 is 4.29. The largest absolute Gasteiger partial charge is 0.397 e. The van der Waals surface area contributed by atoms with E-state index in [0.717, 1.165) is 104 Å². The van der Waals surface area contributed by atoms with E-state index in [1.54, 1.807) is 25.1 Å². The molecule has 6 N–H and O–H groups in total. The van der Waals surface area contributed by atoms with Gasteiger partial charge in [-0.25, -0.2) is 9.97 Å². The highest BCUT2D eigenvalue weighted by Gasteiger charge is 2.18. The molecular formula is C41H50Cl4N8O2. The zero-order chi connectivity index (χ0) is 39.5. The number of hydrogen-bond donors (Lipinski definition) is 5. The lowest BCUT2D eigenvalue weighted by molar-refractivity contribution is 0.180. The zero-order valence-electron chi connectivity index (χ0n) is 31.5. The van der Waals surface area contributed by atoms with E-state index >= 15 is 0 Å². The average Bonchev–Trinajstić information content (AvgIpc) is 3.69. The SMILES string of the molecule is CC(O)CCCCn1c(Nc2ccc(Cl)cc2Cl)nc2cccc(N)c21.CCN(CC)c1cccc2nc(Nc3ccc(Cl)cc3Cl)n(CCCCCO)c12. The Morgan fingerprint density at radius 2 is 1.24 bits per heavy atom. The van der Waals surface area contributed by atoms with Gasteiger partial charge in [0.15, 0.2) is 0 Å². The quantitative estimate of drug-likeness (QED) is 0.0454. The van der Waals surface area contributed by atoms with Gasteiger partial charge >= 0.3 is 0 Å².